The minimum absolute atomic E-state index is 0.0691. The Balaban J connectivity index is 2.23. The Kier molecular flexibility index (Phi) is 3.60. The lowest BCUT2D eigenvalue weighted by atomic mass is 9.75. The summed E-state index contributed by atoms with van der Waals surface area (Å²) in [6, 6.07) is 0.355. The van der Waals surface area contributed by atoms with Gasteiger partial charge < -0.3 is 5.11 Å². The summed E-state index contributed by atoms with van der Waals surface area (Å²) in [6.07, 6.45) is 5.17. The smallest absolute Gasteiger partial charge is 0.168 e. The molecule has 0 bridgehead atoms. The molecular weight excluding hydrogens is 226 g/mol. The van der Waals surface area contributed by atoms with E-state index in [1.807, 2.05) is 13.8 Å². The molecule has 0 spiro atoms. The van der Waals surface area contributed by atoms with Crippen molar-refractivity contribution in [3.63, 3.8) is 0 Å². The number of aliphatic hydroxyl groups excluding tert-OH is 1. The number of aliphatic hydroxyl groups is 1. The Morgan fingerprint density at radius 3 is 2.72 bits per heavy atom. The van der Waals surface area contributed by atoms with Crippen LogP contribution < -0.4 is 0 Å². The van der Waals surface area contributed by atoms with E-state index >= 15 is 0 Å². The summed E-state index contributed by atoms with van der Waals surface area (Å²) in [6.45, 7) is 6.20. The maximum atomic E-state index is 12.2. The van der Waals surface area contributed by atoms with Crippen LogP contribution in [0.5, 0.6) is 0 Å². The van der Waals surface area contributed by atoms with Gasteiger partial charge in [-0.15, -0.1) is 0 Å². The predicted octanol–water partition coefficient (Wildman–Crippen LogP) is 3.59. The van der Waals surface area contributed by atoms with Crippen LogP contribution >= 0.6 is 0 Å². The fraction of sp³-hybridized carbons (Fsp3) is 0.733. The molecule has 1 atom stereocenters. The molecule has 0 saturated heterocycles. The molecule has 0 aromatic rings. The minimum Gasteiger partial charge on any atom is -0.511 e. The molecule has 3 nitrogen and oxygen atoms in total. The summed E-state index contributed by atoms with van der Waals surface area (Å²) in [4.78, 5) is 16.8. The van der Waals surface area contributed by atoms with Crippen LogP contribution in [0.15, 0.2) is 16.3 Å². The second-order valence-electron chi connectivity index (χ2n) is 6.32. The molecule has 18 heavy (non-hydrogen) atoms. The molecule has 1 unspecified atom stereocenters. The molecule has 1 aliphatic heterocycles. The first-order chi connectivity index (χ1) is 8.43. The second kappa shape index (κ2) is 4.87. The van der Waals surface area contributed by atoms with E-state index in [2.05, 4.69) is 11.9 Å². The van der Waals surface area contributed by atoms with Crippen LogP contribution in [-0.2, 0) is 4.79 Å². The van der Waals surface area contributed by atoms with Gasteiger partial charge in [0.2, 0.25) is 0 Å². The van der Waals surface area contributed by atoms with Crippen LogP contribution in [0.25, 0.3) is 0 Å². The quantitative estimate of drug-likeness (QED) is 0.831. The number of carbonyl (C=O) groups is 1. The Bertz CT molecular complexity index is 418. The molecule has 100 valence electrons. The minimum atomic E-state index is -0.118. The van der Waals surface area contributed by atoms with Gasteiger partial charge in [-0.1, -0.05) is 27.2 Å². The highest BCUT2D eigenvalue weighted by atomic mass is 16.3. The molecule has 2 rings (SSSR count). The summed E-state index contributed by atoms with van der Waals surface area (Å²) in [5.41, 5.74) is 1.27. The van der Waals surface area contributed by atoms with Gasteiger partial charge in [0, 0.05) is 18.6 Å². The number of hydrogen-bond acceptors (Lipinski definition) is 3. The van der Waals surface area contributed by atoms with E-state index in [4.69, 9.17) is 0 Å². The Hall–Kier alpha value is -1.12. The van der Waals surface area contributed by atoms with Crippen molar-refractivity contribution < 1.29 is 9.90 Å². The lowest BCUT2D eigenvalue weighted by molar-refractivity contribution is -0.117. The average molecular weight is 249 g/mol. The molecular formula is C15H23NO2. The molecule has 0 saturated carbocycles. The van der Waals surface area contributed by atoms with E-state index in [0.717, 1.165) is 31.4 Å². The third-order valence-electron chi connectivity index (χ3n) is 3.82. The van der Waals surface area contributed by atoms with Gasteiger partial charge in [-0.3, -0.25) is 9.79 Å². The molecule has 1 N–H and O–H groups in total. The highest BCUT2D eigenvalue weighted by Crippen LogP contribution is 2.37. The van der Waals surface area contributed by atoms with E-state index in [-0.39, 0.29) is 17.0 Å². The van der Waals surface area contributed by atoms with Crippen LogP contribution in [0.4, 0.5) is 0 Å². The molecule has 3 heteroatoms. The van der Waals surface area contributed by atoms with Crippen LogP contribution in [0.3, 0.4) is 0 Å². The van der Waals surface area contributed by atoms with Crippen LogP contribution in [0.2, 0.25) is 0 Å². The fourth-order valence-corrected chi connectivity index (χ4v) is 3.00. The van der Waals surface area contributed by atoms with Crippen molar-refractivity contribution in [1.82, 2.24) is 0 Å². The lowest BCUT2D eigenvalue weighted by Crippen LogP contribution is -2.28. The second-order valence-corrected chi connectivity index (χ2v) is 6.32. The van der Waals surface area contributed by atoms with Gasteiger partial charge in [-0.2, -0.15) is 0 Å². The van der Waals surface area contributed by atoms with Gasteiger partial charge in [0.15, 0.2) is 5.78 Å². The zero-order valence-corrected chi connectivity index (χ0v) is 11.6. The van der Waals surface area contributed by atoms with Crippen molar-refractivity contribution in [2.45, 2.75) is 65.3 Å². The first-order valence-corrected chi connectivity index (χ1v) is 6.95. The Morgan fingerprint density at radius 1 is 1.39 bits per heavy atom. The SMILES string of the molecule is CCCC1CCC(C2=C(O)CC(C)(C)CC2=O)=N1. The number of ketones is 1. The van der Waals surface area contributed by atoms with Crippen LogP contribution in [0.1, 0.15) is 59.3 Å². The van der Waals surface area contributed by atoms with Gasteiger partial charge in [0.25, 0.3) is 0 Å². The fourth-order valence-electron chi connectivity index (χ4n) is 3.00. The van der Waals surface area contributed by atoms with E-state index in [9.17, 15) is 9.90 Å². The van der Waals surface area contributed by atoms with Crippen LogP contribution in [0, 0.1) is 5.41 Å². The Morgan fingerprint density at radius 2 is 2.11 bits per heavy atom. The summed E-state index contributed by atoms with van der Waals surface area (Å²) in [7, 11) is 0. The largest absolute Gasteiger partial charge is 0.511 e. The van der Waals surface area contributed by atoms with Gasteiger partial charge in [0.05, 0.1) is 11.6 Å². The Labute approximate surface area is 109 Å². The number of allylic oxidation sites excluding steroid dienone is 2. The third-order valence-corrected chi connectivity index (χ3v) is 3.82. The maximum absolute atomic E-state index is 12.2. The predicted molar refractivity (Wildman–Crippen MR) is 73.0 cm³/mol. The topological polar surface area (TPSA) is 49.7 Å². The standard InChI is InChI=1S/C15H23NO2/c1-4-5-10-6-7-11(16-10)14-12(17)8-15(2,3)9-13(14)18/h10,17H,4-9H2,1-3H3. The van der Waals surface area contributed by atoms with Gasteiger partial charge in [-0.05, 0) is 24.7 Å². The van der Waals surface area contributed by atoms with Crippen molar-refractivity contribution in [1.29, 1.82) is 0 Å². The molecule has 2 aliphatic rings. The van der Waals surface area contributed by atoms with Crippen molar-refractivity contribution in [2.24, 2.45) is 10.4 Å². The van der Waals surface area contributed by atoms with Crippen molar-refractivity contribution in [2.75, 3.05) is 0 Å². The van der Waals surface area contributed by atoms with E-state index in [0.29, 0.717) is 24.5 Å². The first-order valence-electron chi connectivity index (χ1n) is 6.95. The summed E-state index contributed by atoms with van der Waals surface area (Å²) < 4.78 is 0. The monoisotopic (exact) mass is 249 g/mol. The highest BCUT2D eigenvalue weighted by molar-refractivity contribution is 6.23. The zero-order chi connectivity index (χ0) is 13.3. The van der Waals surface area contributed by atoms with Crippen molar-refractivity contribution in [3.8, 4) is 0 Å². The number of carbonyl (C=O) groups excluding carboxylic acids is 1. The average Bonchev–Trinajstić information content (AvgIpc) is 2.63. The van der Waals surface area contributed by atoms with Gasteiger partial charge in [-0.25, -0.2) is 0 Å². The van der Waals surface area contributed by atoms with Gasteiger partial charge in [0.1, 0.15) is 5.76 Å². The summed E-state index contributed by atoms with van der Waals surface area (Å²) >= 11 is 0. The molecule has 0 aromatic heterocycles. The summed E-state index contributed by atoms with van der Waals surface area (Å²) in [5, 5.41) is 10.1. The number of Topliss-reactive ketones (excluding diaryl/α,β-unsaturated/α-hetero) is 1. The molecule has 1 heterocycles. The van der Waals surface area contributed by atoms with E-state index < -0.39 is 0 Å². The van der Waals surface area contributed by atoms with Gasteiger partial charge >= 0.3 is 0 Å². The number of nitrogens with zero attached hydrogens (tertiary/aromatic N) is 1. The van der Waals surface area contributed by atoms with E-state index in [1.54, 1.807) is 0 Å². The molecule has 0 radical (unpaired) electrons. The molecule has 1 aliphatic carbocycles. The van der Waals surface area contributed by atoms with Crippen molar-refractivity contribution >= 4 is 11.5 Å². The third kappa shape index (κ3) is 2.65. The maximum Gasteiger partial charge on any atom is 0.168 e. The molecule has 0 amide bonds. The number of hydrogen-bond donors (Lipinski definition) is 1. The lowest BCUT2D eigenvalue weighted by Gasteiger charge is -2.29. The number of aliphatic imine (C=N–C) groups is 1. The molecule has 0 aromatic carbocycles. The van der Waals surface area contributed by atoms with Crippen molar-refractivity contribution in [3.05, 3.63) is 11.3 Å². The normalized spacial score (nSPS) is 27.6. The summed E-state index contributed by atoms with van der Waals surface area (Å²) in [5.74, 6) is 0.326. The molecule has 0 fully saturated rings. The van der Waals surface area contributed by atoms with Crippen LogP contribution in [-0.4, -0.2) is 22.6 Å². The van der Waals surface area contributed by atoms with E-state index in [1.165, 1.54) is 0 Å². The first kappa shape index (κ1) is 13.3. The number of rotatable bonds is 3. The highest BCUT2D eigenvalue weighted by Gasteiger charge is 2.36. The zero-order valence-electron chi connectivity index (χ0n) is 11.6.